The number of allylic oxidation sites excluding steroid dienone is 2. The van der Waals surface area contributed by atoms with Gasteiger partial charge in [0.15, 0.2) is 0 Å². The molecule has 1 nitrogen and oxygen atoms in total. The minimum absolute atomic E-state index is 0.189. The standard InChI is InChI=1S/C17H22FN/c1-5-8-12-19-17(13(4)6-2)16-14(7-3)10-9-11-15(16)18/h5,8-13H,1,6-7H2,2-4H3/b12-8-,19-17?. The third-order valence-corrected chi connectivity index (χ3v) is 3.25. The maximum Gasteiger partial charge on any atom is 0.132 e. The third kappa shape index (κ3) is 3.88. The summed E-state index contributed by atoms with van der Waals surface area (Å²) in [7, 11) is 0. The molecular formula is C17H22FN. The second-order valence-electron chi connectivity index (χ2n) is 4.53. The van der Waals surface area contributed by atoms with Crippen LogP contribution in [-0.4, -0.2) is 5.71 Å². The molecule has 0 aliphatic heterocycles. The molecule has 1 aromatic rings. The first-order chi connectivity index (χ1) is 9.15. The summed E-state index contributed by atoms with van der Waals surface area (Å²) in [5.41, 5.74) is 2.48. The van der Waals surface area contributed by atoms with Gasteiger partial charge in [0, 0.05) is 11.8 Å². The van der Waals surface area contributed by atoms with Crippen molar-refractivity contribution in [3.05, 3.63) is 60.1 Å². The average Bonchev–Trinajstić information content (AvgIpc) is 2.43. The topological polar surface area (TPSA) is 12.4 Å². The largest absolute Gasteiger partial charge is 0.260 e. The zero-order valence-electron chi connectivity index (χ0n) is 12.0. The average molecular weight is 259 g/mol. The number of aliphatic imine (C=N–C) groups is 1. The molecule has 1 aromatic carbocycles. The van der Waals surface area contributed by atoms with Crippen molar-refractivity contribution in [2.75, 3.05) is 0 Å². The summed E-state index contributed by atoms with van der Waals surface area (Å²) in [6.07, 6.45) is 6.83. The summed E-state index contributed by atoms with van der Waals surface area (Å²) in [5.74, 6) is 0.0297. The van der Waals surface area contributed by atoms with Crippen LogP contribution in [0.2, 0.25) is 0 Å². The van der Waals surface area contributed by atoms with Crippen molar-refractivity contribution in [2.45, 2.75) is 33.6 Å². The molecular weight excluding hydrogens is 237 g/mol. The van der Waals surface area contributed by atoms with Gasteiger partial charge >= 0.3 is 0 Å². The van der Waals surface area contributed by atoms with E-state index in [9.17, 15) is 4.39 Å². The minimum Gasteiger partial charge on any atom is -0.260 e. The summed E-state index contributed by atoms with van der Waals surface area (Å²) in [4.78, 5) is 4.45. The van der Waals surface area contributed by atoms with Crippen LogP contribution in [0.25, 0.3) is 0 Å². The van der Waals surface area contributed by atoms with Gasteiger partial charge in [-0.15, -0.1) is 0 Å². The van der Waals surface area contributed by atoms with Gasteiger partial charge in [0.1, 0.15) is 5.82 Å². The van der Waals surface area contributed by atoms with Crippen molar-refractivity contribution < 1.29 is 4.39 Å². The highest BCUT2D eigenvalue weighted by atomic mass is 19.1. The smallest absolute Gasteiger partial charge is 0.132 e. The molecule has 0 saturated heterocycles. The second-order valence-corrected chi connectivity index (χ2v) is 4.53. The van der Waals surface area contributed by atoms with Gasteiger partial charge in [0.2, 0.25) is 0 Å². The Morgan fingerprint density at radius 2 is 2.16 bits per heavy atom. The van der Waals surface area contributed by atoms with E-state index < -0.39 is 0 Å². The van der Waals surface area contributed by atoms with E-state index in [1.807, 2.05) is 13.0 Å². The molecule has 1 rings (SSSR count). The highest BCUT2D eigenvalue weighted by Crippen LogP contribution is 2.21. The van der Waals surface area contributed by atoms with Crippen molar-refractivity contribution in [1.82, 2.24) is 0 Å². The SMILES string of the molecule is C=C/C=C\N=C(c1c(F)cccc1CC)C(C)CC. The van der Waals surface area contributed by atoms with Crippen molar-refractivity contribution in [1.29, 1.82) is 0 Å². The molecule has 102 valence electrons. The lowest BCUT2D eigenvalue weighted by atomic mass is 9.91. The Balaban J connectivity index is 3.36. The first kappa shape index (κ1) is 15.4. The summed E-state index contributed by atoms with van der Waals surface area (Å²) in [6.45, 7) is 9.81. The lowest BCUT2D eigenvalue weighted by Gasteiger charge is -2.16. The maximum absolute atomic E-state index is 14.2. The third-order valence-electron chi connectivity index (χ3n) is 3.25. The molecule has 0 bridgehead atoms. The first-order valence-electron chi connectivity index (χ1n) is 6.78. The maximum atomic E-state index is 14.2. The van der Waals surface area contributed by atoms with E-state index in [0.29, 0.717) is 5.56 Å². The quantitative estimate of drug-likeness (QED) is 0.508. The molecule has 0 N–H and O–H groups in total. The zero-order chi connectivity index (χ0) is 14.3. The van der Waals surface area contributed by atoms with E-state index in [4.69, 9.17) is 0 Å². The molecule has 19 heavy (non-hydrogen) atoms. The van der Waals surface area contributed by atoms with Crippen LogP contribution in [0.1, 0.15) is 38.3 Å². The second kappa shape index (κ2) is 7.67. The Hall–Kier alpha value is -1.70. The summed E-state index contributed by atoms with van der Waals surface area (Å²) in [5, 5.41) is 0. The molecule has 0 aliphatic rings. The predicted molar refractivity (Wildman–Crippen MR) is 81.1 cm³/mol. The molecule has 0 heterocycles. The van der Waals surface area contributed by atoms with Crippen molar-refractivity contribution >= 4 is 5.71 Å². The minimum atomic E-state index is -0.189. The van der Waals surface area contributed by atoms with Crippen LogP contribution in [0.4, 0.5) is 4.39 Å². The van der Waals surface area contributed by atoms with E-state index in [1.165, 1.54) is 6.07 Å². The first-order valence-corrected chi connectivity index (χ1v) is 6.78. The van der Waals surface area contributed by atoms with E-state index in [1.54, 1.807) is 24.4 Å². The normalized spacial score (nSPS) is 13.8. The van der Waals surface area contributed by atoms with Crippen LogP contribution >= 0.6 is 0 Å². The van der Waals surface area contributed by atoms with Crippen molar-refractivity contribution in [3.8, 4) is 0 Å². The number of aryl methyl sites for hydroxylation is 1. The summed E-state index contributed by atoms with van der Waals surface area (Å²) in [6, 6.07) is 5.22. The molecule has 0 aromatic heterocycles. The molecule has 1 atom stereocenters. The molecule has 0 amide bonds. The highest BCUT2D eigenvalue weighted by molar-refractivity contribution is 6.03. The Kier molecular flexibility index (Phi) is 6.20. The Morgan fingerprint density at radius 3 is 2.74 bits per heavy atom. The summed E-state index contributed by atoms with van der Waals surface area (Å²) < 4.78 is 14.2. The van der Waals surface area contributed by atoms with E-state index in [-0.39, 0.29) is 11.7 Å². The fourth-order valence-electron chi connectivity index (χ4n) is 1.97. The van der Waals surface area contributed by atoms with Crippen molar-refractivity contribution in [2.24, 2.45) is 10.9 Å². The summed E-state index contributed by atoms with van der Waals surface area (Å²) >= 11 is 0. The number of rotatable bonds is 6. The van der Waals surface area contributed by atoms with Crippen LogP contribution in [0.15, 0.2) is 48.1 Å². The fraction of sp³-hybridized carbons (Fsp3) is 0.353. The van der Waals surface area contributed by atoms with Gasteiger partial charge in [0.05, 0.1) is 5.71 Å². The van der Waals surface area contributed by atoms with Gasteiger partial charge in [-0.05, 0) is 36.5 Å². The van der Waals surface area contributed by atoms with Crippen LogP contribution in [0.5, 0.6) is 0 Å². The number of benzene rings is 1. The number of hydrogen-bond acceptors (Lipinski definition) is 1. The monoisotopic (exact) mass is 259 g/mol. The van der Waals surface area contributed by atoms with Gasteiger partial charge < -0.3 is 0 Å². The number of nitrogens with zero attached hydrogens (tertiary/aromatic N) is 1. The molecule has 0 spiro atoms. The molecule has 0 fully saturated rings. The molecule has 0 aliphatic carbocycles. The van der Waals surface area contributed by atoms with Crippen LogP contribution in [0.3, 0.4) is 0 Å². The van der Waals surface area contributed by atoms with Gasteiger partial charge in [-0.1, -0.05) is 45.6 Å². The molecule has 0 radical (unpaired) electrons. The lowest BCUT2D eigenvalue weighted by molar-refractivity contribution is 0.618. The fourth-order valence-corrected chi connectivity index (χ4v) is 1.97. The van der Waals surface area contributed by atoms with Crippen LogP contribution < -0.4 is 0 Å². The van der Waals surface area contributed by atoms with E-state index in [2.05, 4.69) is 25.4 Å². The number of hydrogen-bond donors (Lipinski definition) is 0. The van der Waals surface area contributed by atoms with Gasteiger partial charge in [-0.25, -0.2) is 4.39 Å². The van der Waals surface area contributed by atoms with Gasteiger partial charge in [0.25, 0.3) is 0 Å². The van der Waals surface area contributed by atoms with E-state index >= 15 is 0 Å². The molecule has 2 heteroatoms. The predicted octanol–water partition coefficient (Wildman–Crippen LogP) is 4.92. The van der Waals surface area contributed by atoms with Crippen molar-refractivity contribution in [3.63, 3.8) is 0 Å². The molecule has 1 unspecified atom stereocenters. The van der Waals surface area contributed by atoms with E-state index in [0.717, 1.165) is 24.1 Å². The van der Waals surface area contributed by atoms with Gasteiger partial charge in [-0.2, -0.15) is 0 Å². The highest BCUT2D eigenvalue weighted by Gasteiger charge is 2.17. The Morgan fingerprint density at radius 1 is 1.42 bits per heavy atom. The number of halogens is 1. The zero-order valence-corrected chi connectivity index (χ0v) is 12.0. The van der Waals surface area contributed by atoms with Crippen LogP contribution in [-0.2, 0) is 6.42 Å². The Labute approximate surface area is 115 Å². The Bertz CT molecular complexity index is 486. The van der Waals surface area contributed by atoms with Crippen LogP contribution in [0, 0.1) is 11.7 Å². The van der Waals surface area contributed by atoms with Gasteiger partial charge in [-0.3, -0.25) is 4.99 Å². The lowest BCUT2D eigenvalue weighted by Crippen LogP contribution is -2.16. The molecule has 0 saturated carbocycles.